The second-order valence-electron chi connectivity index (χ2n) is 10.9. The third kappa shape index (κ3) is 8.91. The Bertz CT molecular complexity index is 1650. The van der Waals surface area contributed by atoms with Gasteiger partial charge in [-0.15, -0.1) is 21.5 Å². The molecule has 3 heterocycles. The average Bonchev–Trinajstić information content (AvgIpc) is 3.75. The van der Waals surface area contributed by atoms with Gasteiger partial charge in [-0.1, -0.05) is 84.2 Å². The Morgan fingerprint density at radius 1 is 1.04 bits per heavy atom. The highest BCUT2D eigenvalue weighted by molar-refractivity contribution is 8.26. The van der Waals surface area contributed by atoms with Gasteiger partial charge in [-0.3, -0.25) is 14.5 Å². The molecule has 0 unspecified atom stereocenters. The lowest BCUT2D eigenvalue weighted by Crippen LogP contribution is -2.29. The minimum atomic E-state index is -0.0831. The van der Waals surface area contributed by atoms with Gasteiger partial charge in [0, 0.05) is 13.0 Å². The lowest BCUT2D eigenvalue weighted by molar-refractivity contribution is -0.122. The van der Waals surface area contributed by atoms with Gasteiger partial charge >= 0.3 is 0 Å². The Balaban J connectivity index is 0.885. The molecule has 45 heavy (non-hydrogen) atoms. The number of thiocarbonyl (C=S) groups is 1. The largest absolute Gasteiger partial charge is 0.490 e. The summed E-state index contributed by atoms with van der Waals surface area (Å²) < 4.78 is 8.85. The van der Waals surface area contributed by atoms with Gasteiger partial charge < -0.3 is 10.1 Å². The van der Waals surface area contributed by atoms with Crippen LogP contribution in [0.2, 0.25) is 0 Å². The molecule has 6 rings (SSSR count). The van der Waals surface area contributed by atoms with Gasteiger partial charge in [-0.25, -0.2) is 4.98 Å². The second kappa shape index (κ2) is 15.6. The van der Waals surface area contributed by atoms with Crippen LogP contribution in [0.4, 0.5) is 5.13 Å². The molecule has 13 heteroatoms. The SMILES string of the molecule is O=C(CCCCCN1C(=O)/C(=C/c2ccc(OC3CCCCC3)cc2)SC1=S)Nc1nnc(CSc2nc3ccccc3s2)s1. The number of aromatic nitrogens is 3. The van der Waals surface area contributed by atoms with E-state index < -0.39 is 0 Å². The Morgan fingerprint density at radius 3 is 2.69 bits per heavy atom. The molecule has 234 valence electrons. The zero-order valence-electron chi connectivity index (χ0n) is 24.6. The maximum atomic E-state index is 13.0. The van der Waals surface area contributed by atoms with Crippen molar-refractivity contribution >= 4 is 96.0 Å². The first-order chi connectivity index (χ1) is 22.0. The number of thiazole rings is 1. The van der Waals surface area contributed by atoms with Crippen LogP contribution in [0.3, 0.4) is 0 Å². The highest BCUT2D eigenvalue weighted by Crippen LogP contribution is 2.34. The number of unbranched alkanes of at least 4 members (excludes halogenated alkanes) is 2. The van der Waals surface area contributed by atoms with E-state index in [2.05, 4.69) is 26.6 Å². The zero-order chi connectivity index (χ0) is 31.0. The van der Waals surface area contributed by atoms with Gasteiger partial charge in [0.2, 0.25) is 11.0 Å². The van der Waals surface area contributed by atoms with Gasteiger partial charge in [0.25, 0.3) is 5.91 Å². The smallest absolute Gasteiger partial charge is 0.266 e. The first-order valence-electron chi connectivity index (χ1n) is 15.1. The van der Waals surface area contributed by atoms with Crippen LogP contribution < -0.4 is 10.1 Å². The van der Waals surface area contributed by atoms with Gasteiger partial charge in [0.05, 0.1) is 27.0 Å². The second-order valence-corrected chi connectivity index (χ2v) is 15.9. The van der Waals surface area contributed by atoms with Crippen LogP contribution in [-0.4, -0.2) is 48.9 Å². The first kappa shape index (κ1) is 32.1. The van der Waals surface area contributed by atoms with Crippen LogP contribution in [0.25, 0.3) is 16.3 Å². The van der Waals surface area contributed by atoms with Gasteiger partial charge in [0.1, 0.15) is 15.1 Å². The summed E-state index contributed by atoms with van der Waals surface area (Å²) in [7, 11) is 0. The molecule has 4 aromatic rings. The van der Waals surface area contributed by atoms with E-state index in [4.69, 9.17) is 17.0 Å². The van der Waals surface area contributed by atoms with E-state index in [0.717, 1.165) is 56.6 Å². The summed E-state index contributed by atoms with van der Waals surface area (Å²) >= 11 is 11.5. The van der Waals surface area contributed by atoms with E-state index >= 15 is 0 Å². The first-order valence-corrected chi connectivity index (χ1v) is 19.0. The minimum absolute atomic E-state index is 0.0568. The van der Waals surface area contributed by atoms with Crippen molar-refractivity contribution in [3.63, 3.8) is 0 Å². The van der Waals surface area contributed by atoms with Crippen molar-refractivity contribution in [2.45, 2.75) is 74.0 Å². The molecule has 0 bridgehead atoms. The molecular formula is C32H33N5O3S5. The number of amides is 2. The number of fused-ring (bicyclic) bond motifs is 1. The maximum absolute atomic E-state index is 13.0. The van der Waals surface area contributed by atoms with Crippen molar-refractivity contribution in [1.82, 2.24) is 20.1 Å². The maximum Gasteiger partial charge on any atom is 0.266 e. The summed E-state index contributed by atoms with van der Waals surface area (Å²) in [4.78, 5) is 32.4. The normalized spacial score (nSPS) is 16.6. The molecule has 2 fully saturated rings. The van der Waals surface area contributed by atoms with Gasteiger partial charge in [0.15, 0.2) is 4.34 Å². The van der Waals surface area contributed by atoms with Gasteiger partial charge in [-0.2, -0.15) is 0 Å². The zero-order valence-corrected chi connectivity index (χ0v) is 28.7. The summed E-state index contributed by atoms with van der Waals surface area (Å²) in [6.45, 7) is 0.546. The number of carbonyl (C=O) groups is 2. The number of rotatable bonds is 13. The van der Waals surface area contributed by atoms with E-state index in [9.17, 15) is 9.59 Å². The van der Waals surface area contributed by atoms with E-state index in [1.165, 1.54) is 42.4 Å². The molecule has 0 radical (unpaired) electrons. The van der Waals surface area contributed by atoms with E-state index in [1.807, 2.05) is 48.5 Å². The number of thioether (sulfide) groups is 2. The highest BCUT2D eigenvalue weighted by Gasteiger charge is 2.31. The van der Waals surface area contributed by atoms with E-state index in [0.29, 0.717) is 45.6 Å². The Labute approximate surface area is 284 Å². The summed E-state index contributed by atoms with van der Waals surface area (Å²) in [5.41, 5.74) is 1.95. The van der Waals surface area contributed by atoms with Crippen LogP contribution in [0.15, 0.2) is 57.8 Å². The molecule has 1 aliphatic carbocycles. The fourth-order valence-electron chi connectivity index (χ4n) is 5.17. The van der Waals surface area contributed by atoms with E-state index in [-0.39, 0.29) is 11.8 Å². The Hall–Kier alpha value is -2.84. The van der Waals surface area contributed by atoms with Gasteiger partial charge in [-0.05, 0) is 74.4 Å². The standard InChI is InChI=1S/C32H33N5O3S5/c38-27(34-30-36-35-28(45-30)20-42-31-33-24-11-6-7-12-25(24)43-31)13-5-2-8-18-37-29(39)26(44-32(37)41)19-21-14-16-23(17-15-21)40-22-9-3-1-4-10-22/h6-7,11-12,14-17,19,22H,1-5,8-10,13,18,20H2,(H,34,36,38)/b26-19-. The third-order valence-electron chi connectivity index (χ3n) is 7.50. The summed E-state index contributed by atoms with van der Waals surface area (Å²) in [5, 5.41) is 12.5. The number of carbonyl (C=O) groups excluding carboxylic acids is 2. The molecule has 1 N–H and O–H groups in total. The predicted molar refractivity (Wildman–Crippen MR) is 190 cm³/mol. The van der Waals surface area contributed by atoms with E-state index in [1.54, 1.807) is 28.0 Å². The van der Waals surface area contributed by atoms with Crippen molar-refractivity contribution in [3.8, 4) is 5.75 Å². The van der Waals surface area contributed by atoms with Crippen molar-refractivity contribution in [1.29, 1.82) is 0 Å². The molecule has 0 spiro atoms. The van der Waals surface area contributed by atoms with Crippen molar-refractivity contribution in [2.75, 3.05) is 11.9 Å². The molecule has 2 aromatic carbocycles. The number of para-hydroxylation sites is 1. The monoisotopic (exact) mass is 695 g/mol. The average molecular weight is 696 g/mol. The third-order valence-corrected chi connectivity index (χ3v) is 12.1. The number of hydrogen-bond donors (Lipinski definition) is 1. The molecule has 2 aromatic heterocycles. The molecule has 8 nitrogen and oxygen atoms in total. The molecular weight excluding hydrogens is 663 g/mol. The summed E-state index contributed by atoms with van der Waals surface area (Å²) in [5.74, 6) is 1.39. The molecule has 1 saturated carbocycles. The quantitative estimate of drug-likeness (QED) is 0.0639. The number of ether oxygens (including phenoxy) is 1. The Morgan fingerprint density at radius 2 is 1.87 bits per heavy atom. The molecule has 2 aliphatic rings. The number of nitrogens with zero attached hydrogens (tertiary/aromatic N) is 4. The topological polar surface area (TPSA) is 97.3 Å². The van der Waals surface area contributed by atoms with Crippen molar-refractivity contribution < 1.29 is 14.3 Å². The number of hydrogen-bond acceptors (Lipinski definition) is 11. The van der Waals surface area contributed by atoms with Crippen LogP contribution in [0, 0.1) is 0 Å². The fraction of sp³-hybridized carbons (Fsp3) is 0.375. The highest BCUT2D eigenvalue weighted by atomic mass is 32.2. The lowest BCUT2D eigenvalue weighted by Gasteiger charge is -2.22. The molecule has 0 atom stereocenters. The number of nitrogens with one attached hydrogen (secondary N) is 1. The predicted octanol–water partition coefficient (Wildman–Crippen LogP) is 8.55. The number of anilines is 1. The molecule has 1 saturated heterocycles. The van der Waals surface area contributed by atoms with Crippen LogP contribution >= 0.6 is 58.4 Å². The summed E-state index contributed by atoms with van der Waals surface area (Å²) in [6, 6.07) is 16.0. The summed E-state index contributed by atoms with van der Waals surface area (Å²) in [6.07, 6.45) is 10.9. The number of benzene rings is 2. The molecule has 2 amide bonds. The van der Waals surface area contributed by atoms with Crippen LogP contribution in [0.5, 0.6) is 5.75 Å². The lowest BCUT2D eigenvalue weighted by atomic mass is 9.98. The van der Waals surface area contributed by atoms with Crippen molar-refractivity contribution in [3.05, 3.63) is 64.0 Å². The van der Waals surface area contributed by atoms with Crippen LogP contribution in [0.1, 0.15) is 68.4 Å². The Kier molecular flexibility index (Phi) is 11.2. The van der Waals surface area contributed by atoms with Crippen LogP contribution in [-0.2, 0) is 15.3 Å². The minimum Gasteiger partial charge on any atom is -0.490 e. The molecule has 1 aliphatic heterocycles. The van der Waals surface area contributed by atoms with Crippen molar-refractivity contribution in [2.24, 2.45) is 0 Å². The fourth-order valence-corrected chi connectivity index (χ4v) is 9.29.